The van der Waals surface area contributed by atoms with E-state index in [0.29, 0.717) is 5.92 Å². The molecule has 0 heterocycles. The first-order valence-corrected chi connectivity index (χ1v) is 7.42. The number of benzene rings is 2. The van der Waals surface area contributed by atoms with Crippen LogP contribution in [-0.2, 0) is 6.42 Å². The molecule has 1 atom stereocenters. The van der Waals surface area contributed by atoms with E-state index in [2.05, 4.69) is 26.0 Å². The molecule has 21 heavy (non-hydrogen) atoms. The maximum atomic E-state index is 10.7. The van der Waals surface area contributed by atoms with Crippen LogP contribution in [-0.4, -0.2) is 12.2 Å². The first-order valence-electron chi connectivity index (χ1n) is 7.42. The Morgan fingerprint density at radius 1 is 1.10 bits per heavy atom. The van der Waals surface area contributed by atoms with Gasteiger partial charge in [-0.2, -0.15) is 0 Å². The van der Waals surface area contributed by atoms with Crippen LogP contribution >= 0.6 is 0 Å². The molecule has 2 nitrogen and oxygen atoms in total. The van der Waals surface area contributed by atoms with Crippen molar-refractivity contribution in [3.05, 3.63) is 64.7 Å². The molecule has 2 aromatic carbocycles. The smallest absolute Gasteiger partial charge is 0.125 e. The molecule has 2 heteroatoms. The van der Waals surface area contributed by atoms with Crippen molar-refractivity contribution in [2.45, 2.75) is 33.3 Å². The maximum Gasteiger partial charge on any atom is 0.125 e. The monoisotopic (exact) mass is 284 g/mol. The molecule has 0 radical (unpaired) electrons. The highest BCUT2D eigenvalue weighted by Crippen LogP contribution is 2.31. The molecule has 0 spiro atoms. The van der Waals surface area contributed by atoms with Crippen LogP contribution in [0.4, 0.5) is 0 Å². The zero-order valence-corrected chi connectivity index (χ0v) is 13.3. The Kier molecular flexibility index (Phi) is 5.03. The molecule has 0 bridgehead atoms. The van der Waals surface area contributed by atoms with Crippen molar-refractivity contribution in [3.8, 4) is 5.75 Å². The fourth-order valence-corrected chi connectivity index (χ4v) is 2.59. The SMILES string of the molecule is COc1cc(C)ccc1C(O)c1cccc(CC(C)C)c1. The first-order chi connectivity index (χ1) is 10.0. The minimum atomic E-state index is -0.660. The zero-order chi connectivity index (χ0) is 15.4. The number of aryl methyl sites for hydroxylation is 1. The van der Waals surface area contributed by atoms with Crippen LogP contribution in [0.15, 0.2) is 42.5 Å². The van der Waals surface area contributed by atoms with Gasteiger partial charge in [0.2, 0.25) is 0 Å². The number of hydrogen-bond acceptors (Lipinski definition) is 2. The number of hydrogen-bond donors (Lipinski definition) is 1. The van der Waals surface area contributed by atoms with E-state index in [1.54, 1.807) is 7.11 Å². The van der Waals surface area contributed by atoms with E-state index in [0.717, 1.165) is 28.9 Å². The Hall–Kier alpha value is -1.80. The van der Waals surface area contributed by atoms with Gasteiger partial charge in [-0.15, -0.1) is 0 Å². The van der Waals surface area contributed by atoms with Gasteiger partial charge in [0.25, 0.3) is 0 Å². The average molecular weight is 284 g/mol. The lowest BCUT2D eigenvalue weighted by Crippen LogP contribution is -2.04. The molecule has 0 saturated heterocycles. The topological polar surface area (TPSA) is 29.5 Å². The standard InChI is InChI=1S/C19H24O2/c1-13(2)10-15-6-5-7-16(12-15)19(20)17-9-8-14(3)11-18(17)21-4/h5-9,11-13,19-20H,10H2,1-4H3. The molecule has 1 N–H and O–H groups in total. The summed E-state index contributed by atoms with van der Waals surface area (Å²) in [5, 5.41) is 10.7. The summed E-state index contributed by atoms with van der Waals surface area (Å²) in [6, 6.07) is 14.1. The summed E-state index contributed by atoms with van der Waals surface area (Å²) in [5.74, 6) is 1.34. The third kappa shape index (κ3) is 3.85. The predicted octanol–water partition coefficient (Wildman–Crippen LogP) is 4.28. The summed E-state index contributed by atoms with van der Waals surface area (Å²) in [6.45, 7) is 6.42. The second kappa shape index (κ2) is 6.77. The van der Waals surface area contributed by atoms with Crippen molar-refractivity contribution in [1.82, 2.24) is 0 Å². The van der Waals surface area contributed by atoms with E-state index in [4.69, 9.17) is 4.74 Å². The molecule has 0 aromatic heterocycles. The lowest BCUT2D eigenvalue weighted by Gasteiger charge is -2.17. The summed E-state index contributed by atoms with van der Waals surface area (Å²) in [5.41, 5.74) is 4.10. The van der Waals surface area contributed by atoms with Crippen LogP contribution < -0.4 is 4.74 Å². The highest BCUT2D eigenvalue weighted by molar-refractivity contribution is 5.43. The first kappa shape index (κ1) is 15.6. The fraction of sp³-hybridized carbons (Fsp3) is 0.368. The normalized spacial score (nSPS) is 12.5. The number of ether oxygens (including phenoxy) is 1. The summed E-state index contributed by atoms with van der Waals surface area (Å²) in [6.07, 6.45) is 0.360. The Morgan fingerprint density at radius 3 is 2.52 bits per heavy atom. The summed E-state index contributed by atoms with van der Waals surface area (Å²) < 4.78 is 5.40. The van der Waals surface area contributed by atoms with Gasteiger partial charge in [-0.05, 0) is 42.0 Å². The molecule has 0 amide bonds. The van der Waals surface area contributed by atoms with Crippen molar-refractivity contribution < 1.29 is 9.84 Å². The maximum absolute atomic E-state index is 10.7. The summed E-state index contributed by atoms with van der Waals surface area (Å²) >= 11 is 0. The van der Waals surface area contributed by atoms with Gasteiger partial charge >= 0.3 is 0 Å². The fourth-order valence-electron chi connectivity index (χ4n) is 2.59. The van der Waals surface area contributed by atoms with Crippen molar-refractivity contribution >= 4 is 0 Å². The summed E-state index contributed by atoms with van der Waals surface area (Å²) in [7, 11) is 1.64. The number of rotatable bonds is 5. The third-order valence-corrected chi connectivity index (χ3v) is 3.59. The highest BCUT2D eigenvalue weighted by atomic mass is 16.5. The van der Waals surface area contributed by atoms with Crippen molar-refractivity contribution in [2.75, 3.05) is 7.11 Å². The van der Waals surface area contributed by atoms with E-state index >= 15 is 0 Å². The molecule has 2 rings (SSSR count). The Labute approximate surface area is 127 Å². The molecular weight excluding hydrogens is 260 g/mol. The minimum Gasteiger partial charge on any atom is -0.496 e. The molecule has 2 aromatic rings. The van der Waals surface area contributed by atoms with Gasteiger partial charge in [-0.3, -0.25) is 0 Å². The van der Waals surface area contributed by atoms with E-state index in [-0.39, 0.29) is 0 Å². The van der Waals surface area contributed by atoms with E-state index in [1.807, 2.05) is 37.3 Å². The molecule has 0 saturated carbocycles. The van der Waals surface area contributed by atoms with Gasteiger partial charge in [0, 0.05) is 5.56 Å². The second-order valence-corrected chi connectivity index (χ2v) is 5.99. The lowest BCUT2D eigenvalue weighted by molar-refractivity contribution is 0.214. The lowest BCUT2D eigenvalue weighted by atomic mass is 9.95. The van der Waals surface area contributed by atoms with Crippen molar-refractivity contribution in [3.63, 3.8) is 0 Å². The van der Waals surface area contributed by atoms with Gasteiger partial charge in [-0.1, -0.05) is 50.2 Å². The number of aliphatic hydroxyl groups excluding tert-OH is 1. The number of aliphatic hydroxyl groups is 1. The van der Waals surface area contributed by atoms with Crippen LogP contribution in [0.3, 0.4) is 0 Å². The van der Waals surface area contributed by atoms with Crippen LogP contribution in [0.2, 0.25) is 0 Å². The molecule has 112 valence electrons. The van der Waals surface area contributed by atoms with Crippen LogP contribution in [0.5, 0.6) is 5.75 Å². The van der Waals surface area contributed by atoms with Crippen molar-refractivity contribution in [1.29, 1.82) is 0 Å². The van der Waals surface area contributed by atoms with E-state index in [9.17, 15) is 5.11 Å². The quantitative estimate of drug-likeness (QED) is 0.887. The Balaban J connectivity index is 2.33. The number of methoxy groups -OCH3 is 1. The Morgan fingerprint density at radius 2 is 1.86 bits per heavy atom. The molecular formula is C19H24O2. The van der Waals surface area contributed by atoms with E-state index in [1.165, 1.54) is 5.56 Å². The van der Waals surface area contributed by atoms with Crippen LogP contribution in [0.1, 0.15) is 42.2 Å². The highest BCUT2D eigenvalue weighted by Gasteiger charge is 2.16. The van der Waals surface area contributed by atoms with Gasteiger partial charge in [0.05, 0.1) is 7.11 Å². The molecule has 0 aliphatic heterocycles. The third-order valence-electron chi connectivity index (χ3n) is 3.59. The zero-order valence-electron chi connectivity index (χ0n) is 13.3. The van der Waals surface area contributed by atoms with Gasteiger partial charge < -0.3 is 9.84 Å². The molecule has 0 aliphatic rings. The largest absolute Gasteiger partial charge is 0.496 e. The van der Waals surface area contributed by atoms with Gasteiger partial charge in [-0.25, -0.2) is 0 Å². The minimum absolute atomic E-state index is 0.603. The Bertz CT molecular complexity index is 602. The second-order valence-electron chi connectivity index (χ2n) is 5.99. The van der Waals surface area contributed by atoms with Gasteiger partial charge in [0.15, 0.2) is 0 Å². The van der Waals surface area contributed by atoms with Gasteiger partial charge in [0.1, 0.15) is 11.9 Å². The molecule has 0 fully saturated rings. The van der Waals surface area contributed by atoms with Crippen LogP contribution in [0, 0.1) is 12.8 Å². The van der Waals surface area contributed by atoms with Crippen molar-refractivity contribution in [2.24, 2.45) is 5.92 Å². The van der Waals surface area contributed by atoms with E-state index < -0.39 is 6.10 Å². The van der Waals surface area contributed by atoms with Crippen LogP contribution in [0.25, 0.3) is 0 Å². The molecule has 1 unspecified atom stereocenters. The molecule has 0 aliphatic carbocycles. The average Bonchev–Trinajstić information content (AvgIpc) is 2.46. The predicted molar refractivity (Wildman–Crippen MR) is 86.8 cm³/mol. The summed E-state index contributed by atoms with van der Waals surface area (Å²) in [4.78, 5) is 0.